The molecule has 0 aliphatic carbocycles. The molecule has 0 bridgehead atoms. The van der Waals surface area contributed by atoms with Gasteiger partial charge in [0.25, 0.3) is 0 Å². The van der Waals surface area contributed by atoms with E-state index in [1.807, 2.05) is 6.20 Å². The van der Waals surface area contributed by atoms with Crippen LogP contribution in [0.5, 0.6) is 11.6 Å². The van der Waals surface area contributed by atoms with Crippen molar-refractivity contribution in [3.05, 3.63) is 48.2 Å². The topological polar surface area (TPSA) is 47.5 Å². The van der Waals surface area contributed by atoms with Gasteiger partial charge in [0.2, 0.25) is 5.88 Å². The molecule has 25 heavy (non-hydrogen) atoms. The number of hydrogen-bond donors (Lipinski definition) is 0. The molecule has 1 aromatic carbocycles. The first-order chi connectivity index (χ1) is 12.3. The van der Waals surface area contributed by atoms with Crippen LogP contribution in [-0.2, 0) is 4.74 Å². The van der Waals surface area contributed by atoms with Gasteiger partial charge in [0.15, 0.2) is 0 Å². The quantitative estimate of drug-likeness (QED) is 0.847. The molecule has 1 unspecified atom stereocenters. The molecule has 3 heterocycles. The van der Waals surface area contributed by atoms with E-state index in [9.17, 15) is 4.39 Å². The molecule has 4 rings (SSSR count). The summed E-state index contributed by atoms with van der Waals surface area (Å²) >= 11 is 0. The monoisotopic (exact) mass is 343 g/mol. The Hall–Kier alpha value is -2.05. The lowest BCUT2D eigenvalue weighted by molar-refractivity contribution is 0.0284. The molecule has 2 fully saturated rings. The fourth-order valence-electron chi connectivity index (χ4n) is 3.76. The van der Waals surface area contributed by atoms with Crippen LogP contribution in [0, 0.1) is 5.82 Å². The molecule has 0 radical (unpaired) electrons. The van der Waals surface area contributed by atoms with Crippen molar-refractivity contribution >= 4 is 0 Å². The molecule has 2 aliphatic heterocycles. The van der Waals surface area contributed by atoms with Gasteiger partial charge < -0.3 is 9.47 Å². The summed E-state index contributed by atoms with van der Waals surface area (Å²) in [4.78, 5) is 11.5. The molecule has 0 N–H and O–H groups in total. The van der Waals surface area contributed by atoms with Gasteiger partial charge in [-0.05, 0) is 56.5 Å². The standard InChI is InChI=1S/C19H22FN3O2/c20-14-3-5-16(6-4-14)25-19-13-21-12-17(22-19)18-2-1-9-23(18)15-7-10-24-11-8-15/h3-6,12-13,15,18H,1-2,7-11H2. The van der Waals surface area contributed by atoms with E-state index in [2.05, 4.69) is 14.9 Å². The lowest BCUT2D eigenvalue weighted by Gasteiger charge is -2.35. The number of aromatic nitrogens is 2. The zero-order valence-electron chi connectivity index (χ0n) is 14.1. The Bertz CT molecular complexity index is 704. The molecule has 2 saturated heterocycles. The second kappa shape index (κ2) is 7.45. The average Bonchev–Trinajstić information content (AvgIpc) is 3.15. The third-order valence-corrected chi connectivity index (χ3v) is 4.96. The molecule has 6 heteroatoms. The second-order valence-corrected chi connectivity index (χ2v) is 6.58. The minimum absolute atomic E-state index is 0.285. The Kier molecular flexibility index (Phi) is 4.90. The minimum Gasteiger partial charge on any atom is -0.437 e. The predicted molar refractivity (Wildman–Crippen MR) is 91.0 cm³/mol. The van der Waals surface area contributed by atoms with Crippen molar-refractivity contribution in [3.8, 4) is 11.6 Å². The highest BCUT2D eigenvalue weighted by Gasteiger charge is 2.33. The van der Waals surface area contributed by atoms with Crippen molar-refractivity contribution in [3.63, 3.8) is 0 Å². The molecule has 1 atom stereocenters. The molecule has 2 aliphatic rings. The van der Waals surface area contributed by atoms with E-state index in [-0.39, 0.29) is 11.9 Å². The zero-order valence-corrected chi connectivity index (χ0v) is 14.1. The summed E-state index contributed by atoms with van der Waals surface area (Å²) in [5.41, 5.74) is 0.948. The van der Waals surface area contributed by atoms with Crippen LogP contribution >= 0.6 is 0 Å². The normalized spacial score (nSPS) is 22.2. The van der Waals surface area contributed by atoms with Gasteiger partial charge in [-0.15, -0.1) is 0 Å². The van der Waals surface area contributed by atoms with E-state index in [4.69, 9.17) is 9.47 Å². The maximum Gasteiger partial charge on any atom is 0.238 e. The second-order valence-electron chi connectivity index (χ2n) is 6.58. The zero-order chi connectivity index (χ0) is 17.1. The molecular weight excluding hydrogens is 321 g/mol. The Balaban J connectivity index is 1.50. The van der Waals surface area contributed by atoms with Crippen molar-refractivity contribution in [1.82, 2.24) is 14.9 Å². The molecule has 0 spiro atoms. The summed E-state index contributed by atoms with van der Waals surface area (Å²) in [7, 11) is 0. The van der Waals surface area contributed by atoms with Gasteiger partial charge >= 0.3 is 0 Å². The lowest BCUT2D eigenvalue weighted by atomic mass is 10.0. The largest absolute Gasteiger partial charge is 0.437 e. The van der Waals surface area contributed by atoms with Crippen LogP contribution in [0.1, 0.15) is 37.4 Å². The van der Waals surface area contributed by atoms with Gasteiger partial charge in [0.05, 0.1) is 24.1 Å². The van der Waals surface area contributed by atoms with E-state index in [1.54, 1.807) is 18.3 Å². The van der Waals surface area contributed by atoms with Gasteiger partial charge in [0.1, 0.15) is 11.6 Å². The maximum atomic E-state index is 13.0. The van der Waals surface area contributed by atoms with Gasteiger partial charge in [-0.1, -0.05) is 0 Å². The maximum absolute atomic E-state index is 13.0. The summed E-state index contributed by atoms with van der Waals surface area (Å²) in [5.74, 6) is 0.716. The van der Waals surface area contributed by atoms with E-state index in [1.165, 1.54) is 18.6 Å². The molecule has 5 nitrogen and oxygen atoms in total. The predicted octanol–water partition coefficient (Wildman–Crippen LogP) is 3.72. The van der Waals surface area contributed by atoms with Crippen LogP contribution in [0.2, 0.25) is 0 Å². The SMILES string of the molecule is Fc1ccc(Oc2cncc(C3CCCN3C3CCOCC3)n2)cc1. The Labute approximate surface area is 146 Å². The molecular formula is C19H22FN3O2. The third kappa shape index (κ3) is 3.80. The van der Waals surface area contributed by atoms with Crippen molar-refractivity contribution in [2.75, 3.05) is 19.8 Å². The Morgan fingerprint density at radius 1 is 1.08 bits per heavy atom. The molecule has 1 aromatic heterocycles. The summed E-state index contributed by atoms with van der Waals surface area (Å²) in [5, 5.41) is 0. The Morgan fingerprint density at radius 3 is 2.68 bits per heavy atom. The number of hydrogen-bond acceptors (Lipinski definition) is 5. The van der Waals surface area contributed by atoms with Crippen LogP contribution in [-0.4, -0.2) is 40.7 Å². The van der Waals surface area contributed by atoms with Crippen LogP contribution in [0.4, 0.5) is 4.39 Å². The van der Waals surface area contributed by atoms with Gasteiger partial charge in [-0.2, -0.15) is 0 Å². The summed E-state index contributed by atoms with van der Waals surface area (Å²) < 4.78 is 24.2. The van der Waals surface area contributed by atoms with Crippen LogP contribution in [0.3, 0.4) is 0 Å². The summed E-state index contributed by atoms with van der Waals surface area (Å²) in [6.07, 6.45) is 7.85. The average molecular weight is 343 g/mol. The number of halogens is 1. The smallest absolute Gasteiger partial charge is 0.238 e. The first-order valence-electron chi connectivity index (χ1n) is 8.88. The highest BCUT2D eigenvalue weighted by atomic mass is 19.1. The highest BCUT2D eigenvalue weighted by Crippen LogP contribution is 2.35. The molecule has 132 valence electrons. The van der Waals surface area contributed by atoms with Crippen molar-refractivity contribution < 1.29 is 13.9 Å². The van der Waals surface area contributed by atoms with Gasteiger partial charge in [-0.25, -0.2) is 9.37 Å². The summed E-state index contributed by atoms with van der Waals surface area (Å²) in [6, 6.07) is 6.77. The number of nitrogens with zero attached hydrogens (tertiary/aromatic N) is 3. The number of benzene rings is 1. The minimum atomic E-state index is -0.287. The highest BCUT2D eigenvalue weighted by molar-refractivity contribution is 5.26. The summed E-state index contributed by atoms with van der Waals surface area (Å²) in [6.45, 7) is 2.78. The van der Waals surface area contributed by atoms with E-state index < -0.39 is 0 Å². The molecule has 2 aromatic rings. The van der Waals surface area contributed by atoms with Crippen LogP contribution in [0.25, 0.3) is 0 Å². The van der Waals surface area contributed by atoms with Crippen LogP contribution in [0.15, 0.2) is 36.7 Å². The number of rotatable bonds is 4. The fraction of sp³-hybridized carbons (Fsp3) is 0.474. The van der Waals surface area contributed by atoms with E-state index in [0.29, 0.717) is 17.7 Å². The van der Waals surface area contributed by atoms with E-state index in [0.717, 1.165) is 44.7 Å². The first-order valence-corrected chi connectivity index (χ1v) is 8.88. The Morgan fingerprint density at radius 2 is 1.88 bits per heavy atom. The lowest BCUT2D eigenvalue weighted by Crippen LogP contribution is -2.39. The van der Waals surface area contributed by atoms with Crippen LogP contribution < -0.4 is 4.74 Å². The number of likely N-dealkylation sites (tertiary alicyclic amines) is 1. The fourth-order valence-corrected chi connectivity index (χ4v) is 3.76. The van der Waals surface area contributed by atoms with Crippen molar-refractivity contribution in [1.29, 1.82) is 0 Å². The molecule has 0 saturated carbocycles. The van der Waals surface area contributed by atoms with Gasteiger partial charge in [-0.3, -0.25) is 9.88 Å². The van der Waals surface area contributed by atoms with Crippen molar-refractivity contribution in [2.45, 2.75) is 37.8 Å². The molecule has 0 amide bonds. The van der Waals surface area contributed by atoms with E-state index >= 15 is 0 Å². The number of ether oxygens (including phenoxy) is 2. The third-order valence-electron chi connectivity index (χ3n) is 4.96. The first kappa shape index (κ1) is 16.4. The van der Waals surface area contributed by atoms with Gasteiger partial charge in [0, 0.05) is 19.3 Å². The van der Waals surface area contributed by atoms with Crippen molar-refractivity contribution in [2.24, 2.45) is 0 Å².